The first-order valence-electron chi connectivity index (χ1n) is 32.1. The highest BCUT2D eigenvalue weighted by atomic mass is 31.2. The largest absolute Gasteiger partial charge is 0.472 e. The molecule has 78 heavy (non-hydrogen) atoms. The van der Waals surface area contributed by atoms with E-state index in [1.807, 2.05) is 33.3 Å². The van der Waals surface area contributed by atoms with E-state index in [2.05, 4.69) is 111 Å². The summed E-state index contributed by atoms with van der Waals surface area (Å²) in [7, 11) is 1.47. The van der Waals surface area contributed by atoms with Gasteiger partial charge in [0.2, 0.25) is 5.91 Å². The molecule has 0 saturated heterocycles. The van der Waals surface area contributed by atoms with E-state index in [0.717, 1.165) is 109 Å². The smallest absolute Gasteiger partial charge is 0.456 e. The highest BCUT2D eigenvalue weighted by Crippen LogP contribution is 2.43. The number of quaternary nitrogens is 1. The van der Waals surface area contributed by atoms with Crippen molar-refractivity contribution in [1.82, 2.24) is 5.32 Å². The number of phosphoric ester groups is 1. The molecule has 0 radical (unpaired) electrons. The van der Waals surface area contributed by atoms with Crippen LogP contribution in [0.1, 0.15) is 271 Å². The van der Waals surface area contributed by atoms with Gasteiger partial charge >= 0.3 is 13.8 Å². The number of esters is 1. The molecule has 3 atom stereocenters. The molecule has 450 valence electrons. The summed E-state index contributed by atoms with van der Waals surface area (Å²) in [5.74, 6) is -0.528. The summed E-state index contributed by atoms with van der Waals surface area (Å²) in [6, 6.07) is -0.862. The van der Waals surface area contributed by atoms with E-state index in [-0.39, 0.29) is 31.5 Å². The standard InChI is InChI=1S/C68H121N2O7P/c1-7-10-13-16-19-22-25-28-30-31-32-33-34-35-36-37-38-39-41-42-45-48-51-54-57-60-67(71)69-65(64-76-78(73,74)75-63-62-70(4,5)6)66(59-56-53-50-47-44-27-24-21-18-15-12-9-3)77-68(72)61-58-55-52-49-46-43-40-29-26-23-20-17-14-11-8-2/h11,14,17,19-20,22-23,26,28,30,32-33,35-36,56,59,65-66H,7-10,12-13,15-16,18,21,24-25,27,29,31,34,37-55,57-58,60-64H2,1-6H3,(H-,69,71,73,74)/p+1/b14-11+,20-17+,22-19-,26-23+,30-28-,33-32-,36-35-,59-56-. The number of unbranched alkanes of at least 4 members (excludes halogenated alkanes) is 29. The molecule has 0 bridgehead atoms. The van der Waals surface area contributed by atoms with Crippen molar-refractivity contribution in [1.29, 1.82) is 0 Å². The fourth-order valence-electron chi connectivity index (χ4n) is 8.86. The van der Waals surface area contributed by atoms with E-state index in [4.69, 9.17) is 13.8 Å². The Labute approximate surface area is 481 Å². The quantitative estimate of drug-likeness (QED) is 0.0156. The van der Waals surface area contributed by atoms with Gasteiger partial charge in [0.15, 0.2) is 0 Å². The normalized spacial score (nSPS) is 14.3. The summed E-state index contributed by atoms with van der Waals surface area (Å²) in [4.78, 5) is 37.7. The number of phosphoric acid groups is 1. The van der Waals surface area contributed by atoms with Crippen molar-refractivity contribution in [2.24, 2.45) is 0 Å². The first kappa shape index (κ1) is 74.9. The highest BCUT2D eigenvalue weighted by Gasteiger charge is 2.30. The summed E-state index contributed by atoms with van der Waals surface area (Å²) in [5.41, 5.74) is 0. The van der Waals surface area contributed by atoms with Gasteiger partial charge < -0.3 is 19.4 Å². The van der Waals surface area contributed by atoms with E-state index >= 15 is 0 Å². The molecule has 0 spiro atoms. The van der Waals surface area contributed by atoms with Crippen LogP contribution in [-0.2, 0) is 27.9 Å². The van der Waals surface area contributed by atoms with Gasteiger partial charge in [0.25, 0.3) is 0 Å². The molecular weight excluding hydrogens is 988 g/mol. The number of nitrogens with one attached hydrogen (secondary N) is 1. The fourth-order valence-corrected chi connectivity index (χ4v) is 9.60. The monoisotopic (exact) mass is 1110 g/mol. The number of nitrogens with zero attached hydrogens (tertiary/aromatic N) is 1. The molecule has 2 N–H and O–H groups in total. The number of ether oxygens (including phenoxy) is 1. The summed E-state index contributed by atoms with van der Waals surface area (Å²) >= 11 is 0. The third-order valence-electron chi connectivity index (χ3n) is 13.8. The van der Waals surface area contributed by atoms with Crippen LogP contribution in [0.4, 0.5) is 0 Å². The molecule has 1 amide bonds. The van der Waals surface area contributed by atoms with Crippen LogP contribution in [0.15, 0.2) is 97.2 Å². The SMILES string of the molecule is CC/C=C/C=C/C=C/CCCCCCCCCC(=O)OC(/C=C\CCCCCCCCCCCC)C(COP(=O)(O)OCC[N+](C)(C)C)NC(=O)CCCCCCCCCCC/C=C\C/C=C\C/C=C\C/C=C\CCCCC. The maximum absolute atomic E-state index is 13.6. The van der Waals surface area contributed by atoms with Crippen molar-refractivity contribution in [2.45, 2.75) is 283 Å². The molecule has 0 fully saturated rings. The molecule has 0 rings (SSSR count). The maximum atomic E-state index is 13.6. The third kappa shape index (κ3) is 57.6. The summed E-state index contributed by atoms with van der Waals surface area (Å²) in [6.45, 7) is 6.84. The maximum Gasteiger partial charge on any atom is 0.472 e. The summed E-state index contributed by atoms with van der Waals surface area (Å²) in [6.07, 6.45) is 76.9. The molecule has 0 aromatic heterocycles. The number of amides is 1. The molecule has 0 aliphatic rings. The second-order valence-corrected chi connectivity index (χ2v) is 24.1. The van der Waals surface area contributed by atoms with Gasteiger partial charge in [0, 0.05) is 12.8 Å². The fraction of sp³-hybridized carbons (Fsp3) is 0.735. The number of rotatable bonds is 57. The van der Waals surface area contributed by atoms with Crippen molar-refractivity contribution in [3.05, 3.63) is 97.2 Å². The molecule has 3 unspecified atom stereocenters. The highest BCUT2D eigenvalue weighted by molar-refractivity contribution is 7.47. The van der Waals surface area contributed by atoms with Crippen LogP contribution in [0.3, 0.4) is 0 Å². The van der Waals surface area contributed by atoms with Gasteiger partial charge in [0.05, 0.1) is 33.8 Å². The van der Waals surface area contributed by atoms with E-state index < -0.39 is 20.0 Å². The number of carbonyl (C=O) groups is 2. The van der Waals surface area contributed by atoms with Crippen LogP contribution in [0.25, 0.3) is 0 Å². The Hall–Kier alpha value is -3.07. The average molecular weight is 1110 g/mol. The van der Waals surface area contributed by atoms with E-state index in [1.54, 1.807) is 0 Å². The van der Waals surface area contributed by atoms with Crippen LogP contribution < -0.4 is 5.32 Å². The molecule has 0 aliphatic heterocycles. The van der Waals surface area contributed by atoms with Gasteiger partial charge in [-0.05, 0) is 96.0 Å². The summed E-state index contributed by atoms with van der Waals surface area (Å²) in [5, 5.41) is 3.05. The topological polar surface area (TPSA) is 111 Å². The number of carbonyl (C=O) groups excluding carboxylic acids is 2. The van der Waals surface area contributed by atoms with Crippen molar-refractivity contribution >= 4 is 19.7 Å². The van der Waals surface area contributed by atoms with Gasteiger partial charge in [-0.25, -0.2) is 4.57 Å². The Kier molecular flexibility index (Phi) is 54.9. The Morgan fingerprint density at radius 2 is 0.872 bits per heavy atom. The minimum absolute atomic E-state index is 0.0326. The molecule has 0 saturated carbocycles. The van der Waals surface area contributed by atoms with Gasteiger partial charge in [-0.1, -0.05) is 260 Å². The van der Waals surface area contributed by atoms with Gasteiger partial charge in [0.1, 0.15) is 19.3 Å². The Bertz CT molecular complexity index is 1660. The number of hydrogen-bond acceptors (Lipinski definition) is 6. The third-order valence-corrected chi connectivity index (χ3v) is 14.8. The van der Waals surface area contributed by atoms with Crippen LogP contribution >= 0.6 is 7.82 Å². The van der Waals surface area contributed by atoms with E-state index in [0.29, 0.717) is 17.4 Å². The lowest BCUT2D eigenvalue weighted by molar-refractivity contribution is -0.870. The number of allylic oxidation sites excluding steroid dienone is 15. The predicted molar refractivity (Wildman–Crippen MR) is 337 cm³/mol. The second-order valence-electron chi connectivity index (χ2n) is 22.6. The second kappa shape index (κ2) is 57.2. The Morgan fingerprint density at radius 1 is 0.474 bits per heavy atom. The van der Waals surface area contributed by atoms with Crippen LogP contribution in [-0.4, -0.2) is 74.3 Å². The average Bonchev–Trinajstić information content (AvgIpc) is 3.40. The Morgan fingerprint density at radius 3 is 1.36 bits per heavy atom. The van der Waals surface area contributed by atoms with Crippen molar-refractivity contribution in [2.75, 3.05) is 40.9 Å². The molecule has 0 aromatic carbocycles. The van der Waals surface area contributed by atoms with Crippen molar-refractivity contribution in [3.8, 4) is 0 Å². The molecule has 0 aromatic rings. The van der Waals surface area contributed by atoms with E-state index in [1.165, 1.54) is 128 Å². The molecule has 10 heteroatoms. The molecular formula is C68H122N2O7P+. The van der Waals surface area contributed by atoms with Crippen LogP contribution in [0, 0.1) is 0 Å². The van der Waals surface area contributed by atoms with Crippen molar-refractivity contribution < 1.29 is 37.3 Å². The number of hydrogen-bond donors (Lipinski definition) is 2. The van der Waals surface area contributed by atoms with Gasteiger partial charge in [-0.2, -0.15) is 0 Å². The first-order chi connectivity index (χ1) is 37.9. The zero-order valence-electron chi connectivity index (χ0n) is 51.4. The molecule has 9 nitrogen and oxygen atoms in total. The Balaban J connectivity index is 5.17. The molecule has 0 aliphatic carbocycles. The zero-order chi connectivity index (χ0) is 57.2. The van der Waals surface area contributed by atoms with E-state index in [9.17, 15) is 19.0 Å². The first-order valence-corrected chi connectivity index (χ1v) is 33.6. The molecule has 0 heterocycles. The van der Waals surface area contributed by atoms with Crippen molar-refractivity contribution in [3.63, 3.8) is 0 Å². The minimum atomic E-state index is -4.46. The van der Waals surface area contributed by atoms with Gasteiger partial charge in [-0.15, -0.1) is 0 Å². The lowest BCUT2D eigenvalue weighted by Gasteiger charge is -2.27. The van der Waals surface area contributed by atoms with Gasteiger partial charge in [-0.3, -0.25) is 18.6 Å². The van der Waals surface area contributed by atoms with Crippen LogP contribution in [0.5, 0.6) is 0 Å². The zero-order valence-corrected chi connectivity index (χ0v) is 52.3. The lowest BCUT2D eigenvalue weighted by Crippen LogP contribution is -2.47. The lowest BCUT2D eigenvalue weighted by atomic mass is 10.0. The van der Waals surface area contributed by atoms with Crippen LogP contribution in [0.2, 0.25) is 0 Å². The summed E-state index contributed by atoms with van der Waals surface area (Å²) < 4.78 is 30.7. The minimum Gasteiger partial charge on any atom is -0.456 e. The number of likely N-dealkylation sites (N-methyl/N-ethyl adjacent to an activating group) is 1. The predicted octanol–water partition coefficient (Wildman–Crippen LogP) is 19.9.